The highest BCUT2D eigenvalue weighted by Gasteiger charge is 2.69. The van der Waals surface area contributed by atoms with Crippen molar-refractivity contribution in [2.75, 3.05) is 4.90 Å². The lowest BCUT2D eigenvalue weighted by molar-refractivity contribution is -0.138. The number of nitrogens with two attached hydrogens (primary N) is 1. The molecule has 9 heteroatoms. The van der Waals surface area contributed by atoms with Gasteiger partial charge in [0.05, 0.1) is 11.6 Å². The lowest BCUT2D eigenvalue weighted by Gasteiger charge is -2.38. The van der Waals surface area contributed by atoms with E-state index in [1.165, 1.54) is 0 Å². The van der Waals surface area contributed by atoms with E-state index in [1.807, 2.05) is 6.92 Å². The molecule has 2 saturated heterocycles. The predicted molar refractivity (Wildman–Crippen MR) is 121 cm³/mol. The van der Waals surface area contributed by atoms with Crippen molar-refractivity contribution in [1.82, 2.24) is 5.32 Å². The first-order valence-corrected chi connectivity index (χ1v) is 10.8. The summed E-state index contributed by atoms with van der Waals surface area (Å²) in [5.74, 6) is -3.29. The van der Waals surface area contributed by atoms with Crippen LogP contribution in [0.5, 0.6) is 0 Å². The zero-order valence-electron chi connectivity index (χ0n) is 18.3. The third-order valence-corrected chi connectivity index (χ3v) is 6.75. The summed E-state index contributed by atoms with van der Waals surface area (Å²) in [7, 11) is 0. The Balaban J connectivity index is 1.86. The molecule has 172 valence electrons. The van der Waals surface area contributed by atoms with Gasteiger partial charge in [0.25, 0.3) is 0 Å². The summed E-state index contributed by atoms with van der Waals surface area (Å²) in [5.41, 5.74) is 5.60. The number of carboxylic acid groups (broad SMARTS) is 1. The Morgan fingerprint density at radius 1 is 1.18 bits per heavy atom. The van der Waals surface area contributed by atoms with Crippen LogP contribution in [0.25, 0.3) is 0 Å². The predicted octanol–water partition coefficient (Wildman–Crippen LogP) is 2.86. The number of amides is 2. The highest BCUT2D eigenvalue weighted by Crippen LogP contribution is 2.53. The third-order valence-electron chi connectivity index (χ3n) is 6.75. The lowest BCUT2D eigenvalue weighted by Crippen LogP contribution is -2.57. The summed E-state index contributed by atoms with van der Waals surface area (Å²) in [6.45, 7) is 3.68. The number of carbonyl (C=O) groups excluding carboxylic acids is 2. The number of para-hydroxylation sites is 1. The first-order valence-electron chi connectivity index (χ1n) is 10.8. The molecular formula is C24H26N4O5. The lowest BCUT2D eigenvalue weighted by atomic mass is 9.79. The van der Waals surface area contributed by atoms with Crippen LogP contribution in [0.3, 0.4) is 0 Å². The standard InChI is InChI=1S/C24H26N4O5/c1-3-13(2)24(33-23(31)32)18-17(19(27-24)14-9-11-15(12-10-14)20(25)26)21(29)28(22(18)30)16-7-5-4-6-8-16/h4-13,17-19,27H,3H2,1-2H3,(H3,25,26)(H,31,32). The molecule has 0 bridgehead atoms. The number of amidine groups is 1. The second-order valence-electron chi connectivity index (χ2n) is 8.48. The van der Waals surface area contributed by atoms with E-state index in [0.29, 0.717) is 23.2 Å². The molecule has 5 unspecified atom stereocenters. The van der Waals surface area contributed by atoms with Crippen molar-refractivity contribution < 1.29 is 24.2 Å². The van der Waals surface area contributed by atoms with Crippen LogP contribution >= 0.6 is 0 Å². The topological polar surface area (TPSA) is 146 Å². The summed E-state index contributed by atoms with van der Waals surface area (Å²) in [6, 6.07) is 14.7. The maximum atomic E-state index is 13.7. The van der Waals surface area contributed by atoms with E-state index in [1.54, 1.807) is 61.5 Å². The van der Waals surface area contributed by atoms with E-state index < -0.39 is 47.5 Å². The van der Waals surface area contributed by atoms with E-state index in [0.717, 1.165) is 4.90 Å². The Hall–Kier alpha value is -3.72. The molecule has 0 radical (unpaired) electrons. The maximum absolute atomic E-state index is 13.7. The molecule has 2 aromatic carbocycles. The van der Waals surface area contributed by atoms with Crippen molar-refractivity contribution in [2.45, 2.75) is 32.0 Å². The summed E-state index contributed by atoms with van der Waals surface area (Å²) in [4.78, 5) is 40.2. The van der Waals surface area contributed by atoms with Crippen molar-refractivity contribution in [3.63, 3.8) is 0 Å². The number of ether oxygens (including phenoxy) is 1. The molecule has 2 fully saturated rings. The van der Waals surface area contributed by atoms with Crippen molar-refractivity contribution in [3.8, 4) is 0 Å². The van der Waals surface area contributed by atoms with Crippen molar-refractivity contribution in [1.29, 1.82) is 5.41 Å². The number of rotatable bonds is 6. The van der Waals surface area contributed by atoms with Crippen molar-refractivity contribution >= 4 is 29.5 Å². The Labute approximate surface area is 191 Å². The average molecular weight is 450 g/mol. The highest BCUT2D eigenvalue weighted by atomic mass is 16.7. The fourth-order valence-corrected chi connectivity index (χ4v) is 4.98. The average Bonchev–Trinajstić information content (AvgIpc) is 3.27. The second kappa shape index (κ2) is 8.32. The molecule has 0 aromatic heterocycles. The van der Waals surface area contributed by atoms with Gasteiger partial charge in [0, 0.05) is 17.5 Å². The molecule has 0 saturated carbocycles. The molecule has 4 rings (SSSR count). The van der Waals surface area contributed by atoms with Gasteiger partial charge in [0.1, 0.15) is 11.8 Å². The Morgan fingerprint density at radius 3 is 2.36 bits per heavy atom. The van der Waals surface area contributed by atoms with Gasteiger partial charge in [-0.15, -0.1) is 0 Å². The number of benzene rings is 2. The van der Waals surface area contributed by atoms with Crippen LogP contribution in [0.4, 0.5) is 10.5 Å². The second-order valence-corrected chi connectivity index (χ2v) is 8.48. The minimum absolute atomic E-state index is 0.0932. The van der Waals surface area contributed by atoms with Crippen LogP contribution in [0.2, 0.25) is 0 Å². The summed E-state index contributed by atoms with van der Waals surface area (Å²) in [5, 5.41) is 20.4. The van der Waals surface area contributed by atoms with Gasteiger partial charge < -0.3 is 15.6 Å². The minimum atomic E-state index is -1.58. The number of hydrogen-bond donors (Lipinski definition) is 4. The SMILES string of the molecule is CCC(C)C1(OC(=O)O)NC(c2ccc(C(=N)N)cc2)C2C(=O)N(c3ccccc3)C(=O)C21. The summed E-state index contributed by atoms with van der Waals surface area (Å²) < 4.78 is 5.43. The molecule has 0 spiro atoms. The fraction of sp³-hybridized carbons (Fsp3) is 0.333. The Morgan fingerprint density at radius 2 is 1.82 bits per heavy atom. The third kappa shape index (κ3) is 3.54. The van der Waals surface area contributed by atoms with E-state index in [-0.39, 0.29) is 5.84 Å². The van der Waals surface area contributed by atoms with Crippen molar-refractivity contribution in [3.05, 3.63) is 65.7 Å². The van der Waals surface area contributed by atoms with Crippen LogP contribution in [-0.2, 0) is 14.3 Å². The molecule has 2 amide bonds. The summed E-state index contributed by atoms with van der Waals surface area (Å²) in [6.07, 6.45) is -1.00. The van der Waals surface area contributed by atoms with Gasteiger partial charge in [-0.05, 0) is 24.1 Å². The molecule has 5 N–H and O–H groups in total. The van der Waals surface area contributed by atoms with Crippen LogP contribution in [0, 0.1) is 23.2 Å². The van der Waals surface area contributed by atoms with Gasteiger partial charge in [0.2, 0.25) is 11.8 Å². The smallest absolute Gasteiger partial charge is 0.450 e. The largest absolute Gasteiger partial charge is 0.507 e. The van der Waals surface area contributed by atoms with Crippen LogP contribution in [0.15, 0.2) is 54.6 Å². The number of hydrogen-bond acceptors (Lipinski definition) is 6. The minimum Gasteiger partial charge on any atom is -0.450 e. The number of nitrogens with zero attached hydrogens (tertiary/aromatic N) is 1. The number of fused-ring (bicyclic) bond motifs is 1. The molecule has 9 nitrogen and oxygen atoms in total. The molecule has 2 aliphatic heterocycles. The molecule has 0 aliphatic carbocycles. The zero-order chi connectivity index (χ0) is 23.9. The summed E-state index contributed by atoms with van der Waals surface area (Å²) >= 11 is 0. The van der Waals surface area contributed by atoms with Crippen LogP contribution in [0.1, 0.15) is 37.4 Å². The van der Waals surface area contributed by atoms with Crippen LogP contribution < -0.4 is 16.0 Å². The van der Waals surface area contributed by atoms with Gasteiger partial charge in [-0.1, -0.05) is 56.3 Å². The molecule has 5 atom stereocenters. The highest BCUT2D eigenvalue weighted by molar-refractivity contribution is 6.23. The Kier molecular flexibility index (Phi) is 5.67. The van der Waals surface area contributed by atoms with Crippen LogP contribution in [-0.4, -0.2) is 34.6 Å². The number of nitrogens with one attached hydrogen (secondary N) is 2. The first kappa shape index (κ1) is 22.5. The number of nitrogen functional groups attached to an aromatic ring is 1. The monoisotopic (exact) mass is 450 g/mol. The quantitative estimate of drug-likeness (QED) is 0.229. The number of imide groups is 1. The Bertz CT molecular complexity index is 1100. The fourth-order valence-electron chi connectivity index (χ4n) is 4.98. The van der Waals surface area contributed by atoms with Gasteiger partial charge in [-0.25, -0.2) is 9.69 Å². The van der Waals surface area contributed by atoms with Crippen molar-refractivity contribution in [2.24, 2.45) is 23.5 Å². The van der Waals surface area contributed by atoms with E-state index in [4.69, 9.17) is 15.9 Å². The zero-order valence-corrected chi connectivity index (χ0v) is 18.3. The molecule has 2 aliphatic rings. The normalized spacial score (nSPS) is 27.3. The van der Waals surface area contributed by atoms with E-state index in [9.17, 15) is 19.5 Å². The van der Waals surface area contributed by atoms with Gasteiger partial charge in [-0.2, -0.15) is 0 Å². The number of anilines is 1. The van der Waals surface area contributed by atoms with Gasteiger partial charge >= 0.3 is 6.16 Å². The molecule has 2 heterocycles. The number of carbonyl (C=O) groups is 3. The van der Waals surface area contributed by atoms with Gasteiger partial charge in [0.15, 0.2) is 5.72 Å². The van der Waals surface area contributed by atoms with E-state index in [2.05, 4.69) is 5.32 Å². The molecule has 33 heavy (non-hydrogen) atoms. The van der Waals surface area contributed by atoms with Gasteiger partial charge in [-0.3, -0.25) is 20.3 Å². The first-order chi connectivity index (χ1) is 15.7. The molecule has 2 aromatic rings. The van der Waals surface area contributed by atoms with E-state index >= 15 is 0 Å². The maximum Gasteiger partial charge on any atom is 0.507 e. The molecular weight excluding hydrogens is 424 g/mol.